The van der Waals surface area contributed by atoms with Crippen LogP contribution in [0.3, 0.4) is 0 Å². The highest BCUT2D eigenvalue weighted by atomic mass is 16.5. The van der Waals surface area contributed by atoms with Crippen LogP contribution in [0, 0.1) is 0 Å². The van der Waals surface area contributed by atoms with E-state index >= 15 is 0 Å². The monoisotopic (exact) mass is 383 g/mol. The first-order valence-corrected chi connectivity index (χ1v) is 9.72. The number of hydrogen-bond acceptors (Lipinski definition) is 4. The van der Waals surface area contributed by atoms with Gasteiger partial charge in [0, 0.05) is 26.6 Å². The van der Waals surface area contributed by atoms with Gasteiger partial charge in [0.25, 0.3) is 0 Å². The van der Waals surface area contributed by atoms with Gasteiger partial charge < -0.3 is 24.8 Å². The Morgan fingerprint density at radius 1 is 1.11 bits per heavy atom. The van der Waals surface area contributed by atoms with Gasteiger partial charge >= 0.3 is 0 Å². The fraction of sp³-hybridized carbons (Fsp3) is 0.409. The van der Waals surface area contributed by atoms with Gasteiger partial charge in [-0.25, -0.2) is 0 Å². The predicted octanol–water partition coefficient (Wildman–Crippen LogP) is 2.94. The molecule has 0 unspecified atom stereocenters. The van der Waals surface area contributed by atoms with Gasteiger partial charge in [0.1, 0.15) is 5.75 Å². The topological polar surface area (TPSA) is 64.1 Å². The molecule has 0 saturated heterocycles. The van der Waals surface area contributed by atoms with E-state index in [1.807, 2.05) is 25.1 Å². The van der Waals surface area contributed by atoms with E-state index in [1.165, 1.54) is 11.1 Å². The van der Waals surface area contributed by atoms with Crippen molar-refractivity contribution in [3.05, 3.63) is 53.1 Å². The van der Waals surface area contributed by atoms with E-state index in [4.69, 9.17) is 14.2 Å². The molecule has 6 heteroatoms. The van der Waals surface area contributed by atoms with Crippen LogP contribution in [0.25, 0.3) is 0 Å². The van der Waals surface area contributed by atoms with E-state index < -0.39 is 0 Å². The average Bonchev–Trinajstić information content (AvgIpc) is 3.19. The molecule has 3 rings (SSSR count). The molecule has 0 aromatic heterocycles. The second kappa shape index (κ2) is 9.88. The Hall–Kier alpha value is -2.89. The zero-order valence-electron chi connectivity index (χ0n) is 16.9. The first kappa shape index (κ1) is 19.9. The fourth-order valence-electron chi connectivity index (χ4n) is 3.22. The van der Waals surface area contributed by atoms with Crippen molar-refractivity contribution in [1.82, 2.24) is 10.6 Å². The maximum absolute atomic E-state index is 5.56. The number of ether oxygens (including phenoxy) is 3. The van der Waals surface area contributed by atoms with Crippen molar-refractivity contribution in [2.45, 2.75) is 26.3 Å². The summed E-state index contributed by atoms with van der Waals surface area (Å²) in [5.41, 5.74) is 3.72. The zero-order chi connectivity index (χ0) is 19.8. The summed E-state index contributed by atoms with van der Waals surface area (Å²) in [6, 6.07) is 12.4. The average molecular weight is 383 g/mol. The van der Waals surface area contributed by atoms with E-state index in [2.05, 4.69) is 33.8 Å². The third kappa shape index (κ3) is 5.09. The van der Waals surface area contributed by atoms with E-state index in [1.54, 1.807) is 14.2 Å². The minimum Gasteiger partial charge on any atom is -0.493 e. The molecule has 28 heavy (non-hydrogen) atoms. The molecule has 2 aromatic carbocycles. The van der Waals surface area contributed by atoms with Crippen LogP contribution in [0.5, 0.6) is 17.2 Å². The van der Waals surface area contributed by atoms with Crippen molar-refractivity contribution in [1.29, 1.82) is 0 Å². The van der Waals surface area contributed by atoms with Crippen LogP contribution in [0.15, 0.2) is 41.4 Å². The lowest BCUT2D eigenvalue weighted by atomic mass is 10.1. The largest absolute Gasteiger partial charge is 0.493 e. The van der Waals surface area contributed by atoms with Crippen LogP contribution in [-0.2, 0) is 19.4 Å². The van der Waals surface area contributed by atoms with Crippen molar-refractivity contribution in [2.24, 2.45) is 4.99 Å². The number of aliphatic imine (C=N–C) groups is 1. The molecule has 1 heterocycles. The van der Waals surface area contributed by atoms with Crippen LogP contribution >= 0.6 is 0 Å². The van der Waals surface area contributed by atoms with Crippen LogP contribution < -0.4 is 24.8 Å². The Kier molecular flexibility index (Phi) is 7.00. The molecule has 0 saturated carbocycles. The molecule has 0 aliphatic carbocycles. The first-order valence-electron chi connectivity index (χ1n) is 9.72. The molecule has 6 nitrogen and oxygen atoms in total. The molecule has 0 atom stereocenters. The Labute approximate surface area is 166 Å². The highest BCUT2D eigenvalue weighted by molar-refractivity contribution is 5.79. The highest BCUT2D eigenvalue weighted by Gasteiger charge is 2.12. The van der Waals surface area contributed by atoms with Crippen molar-refractivity contribution >= 4 is 5.96 Å². The molecule has 0 radical (unpaired) electrons. The molecular formula is C22H29N3O3. The predicted molar refractivity (Wildman–Crippen MR) is 112 cm³/mol. The minimum atomic E-state index is 0.613. The number of hydrogen-bond donors (Lipinski definition) is 2. The van der Waals surface area contributed by atoms with E-state index in [-0.39, 0.29) is 0 Å². The smallest absolute Gasteiger partial charge is 0.191 e. The summed E-state index contributed by atoms with van der Waals surface area (Å²) >= 11 is 0. The number of nitrogens with one attached hydrogen (secondary N) is 2. The molecule has 1 aliphatic heterocycles. The van der Waals surface area contributed by atoms with Gasteiger partial charge in [-0.2, -0.15) is 0 Å². The molecule has 150 valence electrons. The number of benzene rings is 2. The lowest BCUT2D eigenvalue weighted by molar-refractivity contribution is 0.310. The van der Waals surface area contributed by atoms with Gasteiger partial charge in [-0.3, -0.25) is 4.99 Å². The van der Waals surface area contributed by atoms with Crippen molar-refractivity contribution < 1.29 is 14.2 Å². The quantitative estimate of drug-likeness (QED) is 0.542. The van der Waals surface area contributed by atoms with Gasteiger partial charge in [-0.15, -0.1) is 0 Å². The lowest BCUT2D eigenvalue weighted by Crippen LogP contribution is -2.37. The number of rotatable bonds is 8. The second-order valence-electron chi connectivity index (χ2n) is 6.56. The van der Waals surface area contributed by atoms with Crippen LogP contribution in [0.4, 0.5) is 0 Å². The molecule has 0 bridgehead atoms. The number of guanidine groups is 1. The first-order chi connectivity index (χ1) is 13.7. The standard InChI is InChI=1S/C22H29N3O3/c1-4-27-20-8-6-17(14-21(20)26-3)15-25-22(23-2)24-11-9-16-5-7-19-18(13-16)10-12-28-19/h5-8,13-14H,4,9-12,15H2,1-3H3,(H2,23,24,25). The zero-order valence-corrected chi connectivity index (χ0v) is 16.9. The van der Waals surface area contributed by atoms with Crippen molar-refractivity contribution in [3.8, 4) is 17.2 Å². The number of fused-ring (bicyclic) bond motifs is 1. The summed E-state index contributed by atoms with van der Waals surface area (Å²) in [5, 5.41) is 6.71. The highest BCUT2D eigenvalue weighted by Crippen LogP contribution is 2.28. The molecule has 1 aliphatic rings. The summed E-state index contributed by atoms with van der Waals surface area (Å²) in [6.07, 6.45) is 1.94. The SMILES string of the molecule is CCOc1ccc(CNC(=NC)NCCc2ccc3c(c2)CCO3)cc1OC. The lowest BCUT2D eigenvalue weighted by Gasteiger charge is -2.14. The normalized spacial score (nSPS) is 12.9. The Balaban J connectivity index is 1.48. The summed E-state index contributed by atoms with van der Waals surface area (Å²) < 4.78 is 16.5. The van der Waals surface area contributed by atoms with Crippen molar-refractivity contribution in [2.75, 3.05) is 33.9 Å². The van der Waals surface area contributed by atoms with Crippen LogP contribution in [-0.4, -0.2) is 39.9 Å². The van der Waals surface area contributed by atoms with E-state index in [0.717, 1.165) is 54.8 Å². The van der Waals surface area contributed by atoms with Gasteiger partial charge in [0.15, 0.2) is 17.5 Å². The third-order valence-corrected chi connectivity index (χ3v) is 4.67. The number of nitrogens with zero attached hydrogens (tertiary/aromatic N) is 1. The summed E-state index contributed by atoms with van der Waals surface area (Å²) in [7, 11) is 3.43. The molecule has 2 N–H and O–H groups in total. The molecular weight excluding hydrogens is 354 g/mol. The molecule has 0 spiro atoms. The fourth-order valence-corrected chi connectivity index (χ4v) is 3.22. The molecule has 0 fully saturated rings. The maximum Gasteiger partial charge on any atom is 0.191 e. The van der Waals surface area contributed by atoms with E-state index in [9.17, 15) is 0 Å². The van der Waals surface area contributed by atoms with Crippen LogP contribution in [0.2, 0.25) is 0 Å². The molecule has 2 aromatic rings. The van der Waals surface area contributed by atoms with Gasteiger partial charge in [0.2, 0.25) is 0 Å². The van der Waals surface area contributed by atoms with Crippen LogP contribution in [0.1, 0.15) is 23.6 Å². The number of methoxy groups -OCH3 is 1. The van der Waals surface area contributed by atoms with Gasteiger partial charge in [-0.05, 0) is 48.2 Å². The minimum absolute atomic E-state index is 0.613. The van der Waals surface area contributed by atoms with Crippen molar-refractivity contribution in [3.63, 3.8) is 0 Å². The second-order valence-corrected chi connectivity index (χ2v) is 6.56. The third-order valence-electron chi connectivity index (χ3n) is 4.67. The summed E-state index contributed by atoms with van der Waals surface area (Å²) in [5.74, 6) is 3.30. The molecule has 0 amide bonds. The Morgan fingerprint density at radius 2 is 1.96 bits per heavy atom. The maximum atomic E-state index is 5.56. The van der Waals surface area contributed by atoms with E-state index in [0.29, 0.717) is 13.2 Å². The van der Waals surface area contributed by atoms with Gasteiger partial charge in [-0.1, -0.05) is 18.2 Å². The summed E-state index contributed by atoms with van der Waals surface area (Å²) in [6.45, 7) is 4.83. The summed E-state index contributed by atoms with van der Waals surface area (Å²) in [4.78, 5) is 4.30. The van der Waals surface area contributed by atoms with Gasteiger partial charge in [0.05, 0.1) is 20.3 Å². The Morgan fingerprint density at radius 3 is 2.75 bits per heavy atom. The Bertz CT molecular complexity index is 821.